The molecule has 0 spiro atoms. The van der Waals surface area contributed by atoms with Gasteiger partial charge in [-0.2, -0.15) is 0 Å². The first-order valence-corrected chi connectivity index (χ1v) is 9.44. The smallest absolute Gasteiger partial charge is 0.233 e. The predicted octanol–water partition coefficient (Wildman–Crippen LogP) is 4.52. The van der Waals surface area contributed by atoms with Crippen molar-refractivity contribution in [3.8, 4) is 5.75 Å². The van der Waals surface area contributed by atoms with Gasteiger partial charge in [0.15, 0.2) is 0 Å². The van der Waals surface area contributed by atoms with Crippen LogP contribution in [0.15, 0.2) is 84.9 Å². The fourth-order valence-electron chi connectivity index (χ4n) is 3.97. The van der Waals surface area contributed by atoms with Crippen molar-refractivity contribution in [2.45, 2.75) is 18.6 Å². The van der Waals surface area contributed by atoms with Crippen LogP contribution in [-0.4, -0.2) is 18.1 Å². The lowest BCUT2D eigenvalue weighted by Crippen LogP contribution is -2.55. The minimum atomic E-state index is -0.690. The van der Waals surface area contributed by atoms with E-state index in [1.54, 1.807) is 12.0 Å². The van der Waals surface area contributed by atoms with Crippen molar-refractivity contribution in [1.29, 1.82) is 0 Å². The number of hydrogen-bond donors (Lipinski definition) is 1. The Labute approximate surface area is 165 Å². The first kappa shape index (κ1) is 18.3. The van der Waals surface area contributed by atoms with E-state index in [2.05, 4.69) is 0 Å². The van der Waals surface area contributed by atoms with Gasteiger partial charge in [-0.1, -0.05) is 66.7 Å². The monoisotopic (exact) mass is 373 g/mol. The highest BCUT2D eigenvalue weighted by Crippen LogP contribution is 2.49. The number of aliphatic hydroxyl groups is 1. The molecule has 1 amide bonds. The molecular weight excluding hydrogens is 350 g/mol. The Bertz CT molecular complexity index is 942. The van der Waals surface area contributed by atoms with Crippen LogP contribution in [0.5, 0.6) is 5.75 Å². The van der Waals surface area contributed by atoms with Gasteiger partial charge in [0.1, 0.15) is 5.75 Å². The van der Waals surface area contributed by atoms with Crippen LogP contribution >= 0.6 is 0 Å². The van der Waals surface area contributed by atoms with Crippen molar-refractivity contribution in [3.05, 3.63) is 96.1 Å². The number of β-lactam (4-membered cyclic amide) rings is 1. The van der Waals surface area contributed by atoms with Gasteiger partial charge in [-0.25, -0.2) is 0 Å². The molecule has 4 heteroatoms. The normalized spacial score (nSPS) is 19.8. The maximum atomic E-state index is 13.1. The summed E-state index contributed by atoms with van der Waals surface area (Å²) in [6.07, 6.45) is -0.320. The maximum Gasteiger partial charge on any atom is 0.233 e. The Morgan fingerprint density at radius 1 is 0.929 bits per heavy atom. The zero-order valence-corrected chi connectivity index (χ0v) is 15.7. The Kier molecular flexibility index (Phi) is 5.13. The number of carbonyl (C=O) groups excluding carboxylic acids is 1. The number of aliphatic hydroxyl groups excluding tert-OH is 1. The second-order valence-electron chi connectivity index (χ2n) is 7.00. The van der Waals surface area contributed by atoms with Crippen molar-refractivity contribution in [2.75, 3.05) is 12.0 Å². The summed E-state index contributed by atoms with van der Waals surface area (Å²) in [4.78, 5) is 14.9. The third kappa shape index (κ3) is 3.27. The third-order valence-corrected chi connectivity index (χ3v) is 5.37. The van der Waals surface area contributed by atoms with Gasteiger partial charge in [-0.15, -0.1) is 0 Å². The fourth-order valence-corrected chi connectivity index (χ4v) is 3.97. The number of carbonyl (C=O) groups is 1. The number of anilines is 1. The number of nitrogens with zero attached hydrogens (tertiary/aromatic N) is 1. The van der Waals surface area contributed by atoms with Crippen molar-refractivity contribution < 1.29 is 14.6 Å². The average molecular weight is 373 g/mol. The van der Waals surface area contributed by atoms with Gasteiger partial charge in [0, 0.05) is 11.3 Å². The fraction of sp³-hybridized carbons (Fsp3) is 0.208. The number of ether oxygens (including phenoxy) is 1. The summed E-state index contributed by atoms with van der Waals surface area (Å²) in [7, 11) is 1.64. The minimum Gasteiger partial charge on any atom is -0.496 e. The molecule has 3 aromatic carbocycles. The van der Waals surface area contributed by atoms with Crippen LogP contribution < -0.4 is 9.64 Å². The summed E-state index contributed by atoms with van der Waals surface area (Å²) in [5.41, 5.74) is 2.64. The molecule has 4 nitrogen and oxygen atoms in total. The lowest BCUT2D eigenvalue weighted by atomic mass is 9.77. The molecule has 0 saturated carbocycles. The van der Waals surface area contributed by atoms with E-state index in [0.717, 1.165) is 22.6 Å². The maximum absolute atomic E-state index is 13.1. The Balaban J connectivity index is 1.68. The summed E-state index contributed by atoms with van der Waals surface area (Å²) < 4.78 is 5.56. The van der Waals surface area contributed by atoms with Crippen molar-refractivity contribution in [1.82, 2.24) is 0 Å². The molecule has 1 aliphatic heterocycles. The third-order valence-electron chi connectivity index (χ3n) is 5.37. The molecule has 0 bridgehead atoms. The van der Waals surface area contributed by atoms with E-state index >= 15 is 0 Å². The molecule has 28 heavy (non-hydrogen) atoms. The highest BCUT2D eigenvalue weighted by Gasteiger charge is 2.50. The number of methoxy groups -OCH3 is 1. The van der Waals surface area contributed by atoms with Crippen LogP contribution in [0.1, 0.15) is 29.7 Å². The van der Waals surface area contributed by atoms with Gasteiger partial charge in [-0.3, -0.25) is 4.79 Å². The van der Waals surface area contributed by atoms with E-state index in [-0.39, 0.29) is 17.9 Å². The molecule has 1 heterocycles. The second-order valence-corrected chi connectivity index (χ2v) is 7.00. The van der Waals surface area contributed by atoms with Crippen molar-refractivity contribution in [2.24, 2.45) is 5.92 Å². The van der Waals surface area contributed by atoms with Gasteiger partial charge in [0.05, 0.1) is 25.2 Å². The topological polar surface area (TPSA) is 49.8 Å². The second kappa shape index (κ2) is 7.87. The lowest BCUT2D eigenvalue weighted by molar-refractivity contribution is -0.132. The first-order valence-electron chi connectivity index (χ1n) is 9.44. The zero-order valence-electron chi connectivity index (χ0n) is 15.7. The summed E-state index contributed by atoms with van der Waals surface area (Å²) in [6, 6.07) is 26.7. The van der Waals surface area contributed by atoms with E-state index in [1.807, 2.05) is 84.9 Å². The predicted molar refractivity (Wildman–Crippen MR) is 109 cm³/mol. The van der Waals surface area contributed by atoms with Gasteiger partial charge in [-0.05, 0) is 30.2 Å². The van der Waals surface area contributed by atoms with Gasteiger partial charge in [0.2, 0.25) is 5.91 Å². The van der Waals surface area contributed by atoms with Crippen molar-refractivity contribution >= 4 is 11.6 Å². The SMILES string of the molecule is COc1ccccc1[C@@H]1[C@@H](C[C@@H](O)c2ccccc2)C(=O)N1c1ccccc1. The molecule has 1 aliphatic rings. The molecule has 0 aliphatic carbocycles. The number of rotatable bonds is 6. The Morgan fingerprint density at radius 3 is 2.21 bits per heavy atom. The van der Waals surface area contributed by atoms with Crippen LogP contribution in [0.3, 0.4) is 0 Å². The molecule has 3 atom stereocenters. The molecule has 0 unspecified atom stereocenters. The largest absolute Gasteiger partial charge is 0.496 e. The number of benzene rings is 3. The van der Waals surface area contributed by atoms with Crippen LogP contribution in [0.2, 0.25) is 0 Å². The van der Waals surface area contributed by atoms with Crippen LogP contribution in [0, 0.1) is 5.92 Å². The molecule has 1 fully saturated rings. The number of para-hydroxylation sites is 2. The van der Waals surface area contributed by atoms with E-state index in [0.29, 0.717) is 6.42 Å². The molecule has 1 saturated heterocycles. The Hall–Kier alpha value is -3.11. The van der Waals surface area contributed by atoms with Gasteiger partial charge >= 0.3 is 0 Å². The van der Waals surface area contributed by atoms with E-state index in [4.69, 9.17) is 4.74 Å². The number of hydrogen-bond acceptors (Lipinski definition) is 3. The summed E-state index contributed by atoms with van der Waals surface area (Å²) >= 11 is 0. The standard InChI is InChI=1S/C24H23NO3/c1-28-22-15-9-8-14-19(22)23-20(16-21(26)17-10-4-2-5-11-17)24(27)25(23)18-12-6-3-7-13-18/h2-15,20-21,23,26H,16H2,1H3/t20-,21-,23-/m1/s1. The summed E-state index contributed by atoms with van der Waals surface area (Å²) in [5, 5.41) is 10.7. The lowest BCUT2D eigenvalue weighted by Gasteiger charge is -2.48. The molecular formula is C24H23NO3. The first-order chi connectivity index (χ1) is 13.7. The molecule has 1 N–H and O–H groups in total. The molecule has 4 rings (SSSR count). The highest BCUT2D eigenvalue weighted by molar-refractivity contribution is 6.03. The van der Waals surface area contributed by atoms with Gasteiger partial charge in [0.25, 0.3) is 0 Å². The minimum absolute atomic E-state index is 0.0251. The average Bonchev–Trinajstić information content (AvgIpc) is 2.76. The quantitative estimate of drug-likeness (QED) is 0.646. The summed E-state index contributed by atoms with van der Waals surface area (Å²) in [6.45, 7) is 0. The van der Waals surface area contributed by atoms with Gasteiger partial charge < -0.3 is 14.7 Å². The molecule has 0 radical (unpaired) electrons. The van der Waals surface area contributed by atoms with Crippen LogP contribution in [0.25, 0.3) is 0 Å². The molecule has 0 aromatic heterocycles. The van der Waals surface area contributed by atoms with Crippen LogP contribution in [0.4, 0.5) is 5.69 Å². The summed E-state index contributed by atoms with van der Waals surface area (Å²) in [5.74, 6) is 0.462. The molecule has 142 valence electrons. The van der Waals surface area contributed by atoms with Crippen LogP contribution in [-0.2, 0) is 4.79 Å². The van der Waals surface area contributed by atoms with Crippen molar-refractivity contribution in [3.63, 3.8) is 0 Å². The van der Waals surface area contributed by atoms with E-state index in [1.165, 1.54) is 0 Å². The Morgan fingerprint density at radius 2 is 1.54 bits per heavy atom. The highest BCUT2D eigenvalue weighted by atomic mass is 16.5. The number of amides is 1. The molecule has 3 aromatic rings. The zero-order chi connectivity index (χ0) is 19.5. The van der Waals surface area contributed by atoms with E-state index < -0.39 is 6.10 Å². The van der Waals surface area contributed by atoms with E-state index in [9.17, 15) is 9.90 Å².